The molecule has 0 radical (unpaired) electrons. The molecule has 0 aromatic rings. The Kier molecular flexibility index (Phi) is 4.36. The van der Waals surface area contributed by atoms with E-state index in [9.17, 15) is 19.5 Å². The Balaban J connectivity index is 1.57. The summed E-state index contributed by atoms with van der Waals surface area (Å²) in [5.74, 6) is -6.07. The van der Waals surface area contributed by atoms with Crippen LogP contribution in [0.1, 0.15) is 64.2 Å². The van der Waals surface area contributed by atoms with Crippen LogP contribution in [0.2, 0.25) is 0 Å². The predicted molar refractivity (Wildman–Crippen MR) is 86.1 cm³/mol. The van der Waals surface area contributed by atoms with Gasteiger partial charge in [-0.25, -0.2) is 14.4 Å². The molecule has 2 spiro atoms. The van der Waals surface area contributed by atoms with Gasteiger partial charge in [0.1, 0.15) is 5.57 Å². The highest BCUT2D eigenvalue weighted by atomic mass is 16.8. The van der Waals surface area contributed by atoms with Gasteiger partial charge in [-0.15, -0.1) is 0 Å². The van der Waals surface area contributed by atoms with E-state index in [1.165, 1.54) is 0 Å². The highest BCUT2D eigenvalue weighted by Gasteiger charge is 2.47. The number of hydrogen-bond donors (Lipinski definition) is 0. The molecular formula is C19H21O8-. The van der Waals surface area contributed by atoms with Crippen LogP contribution in [-0.4, -0.2) is 29.5 Å². The van der Waals surface area contributed by atoms with Crippen molar-refractivity contribution in [1.82, 2.24) is 0 Å². The van der Waals surface area contributed by atoms with E-state index in [0.717, 1.165) is 44.6 Å². The molecule has 8 heteroatoms. The Hall–Kier alpha value is -2.51. The average Bonchev–Trinajstić information content (AvgIpc) is 2.61. The maximum Gasteiger partial charge on any atom is 0.348 e. The van der Waals surface area contributed by atoms with Gasteiger partial charge in [0.2, 0.25) is 0 Å². The summed E-state index contributed by atoms with van der Waals surface area (Å²) in [5, 5.41) is 12.4. The van der Waals surface area contributed by atoms with Crippen LogP contribution in [0.25, 0.3) is 0 Å². The molecule has 0 aromatic heterocycles. The van der Waals surface area contributed by atoms with Gasteiger partial charge in [-0.1, -0.05) is 12.8 Å². The molecule has 146 valence electrons. The van der Waals surface area contributed by atoms with Crippen molar-refractivity contribution in [3.63, 3.8) is 0 Å². The molecule has 1 saturated heterocycles. The largest absolute Gasteiger partial charge is 0.574 e. The summed E-state index contributed by atoms with van der Waals surface area (Å²) >= 11 is 0. The lowest BCUT2D eigenvalue weighted by Gasteiger charge is -2.46. The van der Waals surface area contributed by atoms with Crippen LogP contribution in [0.3, 0.4) is 0 Å². The summed E-state index contributed by atoms with van der Waals surface area (Å²) in [6.07, 6.45) is 7.77. The van der Waals surface area contributed by atoms with E-state index in [-0.39, 0.29) is 0 Å². The fourth-order valence-corrected chi connectivity index (χ4v) is 4.07. The molecule has 0 unspecified atom stereocenters. The molecule has 3 fully saturated rings. The Bertz CT molecular complexity index is 713. The average molecular weight is 377 g/mol. The topological polar surface area (TPSA) is 111 Å². The Morgan fingerprint density at radius 3 is 1.59 bits per heavy atom. The summed E-state index contributed by atoms with van der Waals surface area (Å²) in [6.45, 7) is 0. The van der Waals surface area contributed by atoms with Crippen molar-refractivity contribution in [1.29, 1.82) is 0 Å². The minimum Gasteiger partial charge on any atom is -0.574 e. The lowest BCUT2D eigenvalue weighted by molar-refractivity contribution is -0.401. The molecule has 27 heavy (non-hydrogen) atoms. The van der Waals surface area contributed by atoms with E-state index in [0.29, 0.717) is 25.7 Å². The Labute approximate surface area is 156 Å². The van der Waals surface area contributed by atoms with Crippen molar-refractivity contribution in [2.45, 2.75) is 75.8 Å². The quantitative estimate of drug-likeness (QED) is 0.384. The fourth-order valence-electron chi connectivity index (χ4n) is 4.07. The number of ether oxygens (including phenoxy) is 4. The molecule has 4 rings (SSSR count). The molecule has 8 nitrogen and oxygen atoms in total. The number of hydrogen-bond acceptors (Lipinski definition) is 8. The second-order valence-corrected chi connectivity index (χ2v) is 7.47. The standard InChI is InChI=1S/C19H22O8/c20-14-12(15(21)25-18(24-14)7-3-1-4-8-18)11-13-16(22)26-19(27-17(13)23)9-5-2-6-10-19/h11,20H,1-10H2/p-1. The first-order valence-electron chi connectivity index (χ1n) is 9.44. The van der Waals surface area contributed by atoms with Crippen molar-refractivity contribution in [3.8, 4) is 0 Å². The van der Waals surface area contributed by atoms with E-state index in [1.54, 1.807) is 0 Å². The van der Waals surface area contributed by atoms with Crippen LogP contribution in [0.4, 0.5) is 0 Å². The maximum absolute atomic E-state index is 12.4. The normalized spacial score (nSPS) is 27.0. The van der Waals surface area contributed by atoms with Gasteiger partial charge in [-0.05, 0) is 44.6 Å². The third-order valence-corrected chi connectivity index (χ3v) is 5.51. The number of carbonyl (C=O) groups excluding carboxylic acids is 3. The second-order valence-electron chi connectivity index (χ2n) is 7.47. The zero-order valence-corrected chi connectivity index (χ0v) is 14.9. The van der Waals surface area contributed by atoms with E-state index in [1.807, 2.05) is 0 Å². The SMILES string of the molecule is O=C1OC2(CCCCC2)OC(=O)C1=CC1=C([O-])OC2(CCCCC2)OC1=O. The predicted octanol–water partition coefficient (Wildman–Crippen LogP) is 1.48. The van der Waals surface area contributed by atoms with Crippen LogP contribution in [0.15, 0.2) is 23.2 Å². The van der Waals surface area contributed by atoms with E-state index >= 15 is 0 Å². The highest BCUT2D eigenvalue weighted by Crippen LogP contribution is 2.40. The first-order chi connectivity index (χ1) is 12.9. The van der Waals surface area contributed by atoms with Gasteiger partial charge in [-0.2, -0.15) is 0 Å². The van der Waals surface area contributed by atoms with E-state index in [4.69, 9.17) is 18.9 Å². The van der Waals surface area contributed by atoms with Gasteiger partial charge in [0, 0.05) is 12.8 Å². The summed E-state index contributed by atoms with van der Waals surface area (Å²) in [7, 11) is 0. The van der Waals surface area contributed by atoms with Crippen LogP contribution in [-0.2, 0) is 33.3 Å². The lowest BCUT2D eigenvalue weighted by Crippen LogP contribution is -2.48. The van der Waals surface area contributed by atoms with Gasteiger partial charge in [0.15, 0.2) is 5.79 Å². The summed E-state index contributed by atoms with van der Waals surface area (Å²) in [4.78, 5) is 37.1. The first kappa shape index (κ1) is 17.9. The van der Waals surface area contributed by atoms with Gasteiger partial charge < -0.3 is 24.1 Å². The zero-order valence-electron chi connectivity index (χ0n) is 14.9. The van der Waals surface area contributed by atoms with Crippen molar-refractivity contribution < 1.29 is 38.4 Å². The first-order valence-corrected chi connectivity index (χ1v) is 9.44. The maximum atomic E-state index is 12.4. The van der Waals surface area contributed by atoms with Crippen molar-refractivity contribution in [2.75, 3.05) is 0 Å². The monoisotopic (exact) mass is 377 g/mol. The van der Waals surface area contributed by atoms with Crippen molar-refractivity contribution in [3.05, 3.63) is 23.2 Å². The Morgan fingerprint density at radius 1 is 0.667 bits per heavy atom. The molecule has 2 saturated carbocycles. The van der Waals surface area contributed by atoms with Gasteiger partial charge in [0.25, 0.3) is 5.79 Å². The minimum absolute atomic E-state index is 0.445. The van der Waals surface area contributed by atoms with Crippen LogP contribution in [0.5, 0.6) is 0 Å². The number of esters is 3. The van der Waals surface area contributed by atoms with Crippen molar-refractivity contribution in [2.24, 2.45) is 0 Å². The number of carbonyl (C=O) groups is 3. The fraction of sp³-hybridized carbons (Fsp3) is 0.632. The lowest BCUT2D eigenvalue weighted by atomic mass is 9.92. The van der Waals surface area contributed by atoms with Gasteiger partial charge in [-0.3, -0.25) is 0 Å². The van der Waals surface area contributed by atoms with Crippen molar-refractivity contribution >= 4 is 17.9 Å². The molecule has 0 N–H and O–H groups in total. The molecule has 0 amide bonds. The highest BCUT2D eigenvalue weighted by molar-refractivity contribution is 6.16. The summed E-state index contributed by atoms with van der Waals surface area (Å²) in [5.41, 5.74) is -1.01. The van der Waals surface area contributed by atoms with Gasteiger partial charge in [0.05, 0.1) is 11.5 Å². The molecule has 0 atom stereocenters. The smallest absolute Gasteiger partial charge is 0.348 e. The molecule has 2 aliphatic carbocycles. The van der Waals surface area contributed by atoms with Gasteiger partial charge >= 0.3 is 17.9 Å². The van der Waals surface area contributed by atoms with E-state index < -0.39 is 46.6 Å². The molecule has 0 aromatic carbocycles. The third-order valence-electron chi connectivity index (χ3n) is 5.51. The minimum atomic E-state index is -1.23. The summed E-state index contributed by atoms with van der Waals surface area (Å²) in [6, 6.07) is 0. The molecule has 2 aliphatic heterocycles. The number of rotatable bonds is 1. The van der Waals surface area contributed by atoms with E-state index in [2.05, 4.69) is 0 Å². The molecular weight excluding hydrogens is 356 g/mol. The second kappa shape index (κ2) is 6.58. The zero-order chi connectivity index (χ0) is 19.1. The van der Waals surface area contributed by atoms with Crippen LogP contribution in [0, 0.1) is 0 Å². The Morgan fingerprint density at radius 2 is 1.11 bits per heavy atom. The summed E-state index contributed by atoms with van der Waals surface area (Å²) < 4.78 is 21.4. The molecule has 4 aliphatic rings. The molecule has 0 bridgehead atoms. The van der Waals surface area contributed by atoms with Crippen LogP contribution < -0.4 is 5.11 Å². The molecule has 2 heterocycles. The van der Waals surface area contributed by atoms with Crippen LogP contribution >= 0.6 is 0 Å². The third kappa shape index (κ3) is 3.28.